The third-order valence-electron chi connectivity index (χ3n) is 6.64. The molecule has 1 aliphatic rings. The number of non-ortho nitro benzene ring substituents is 1. The maximum absolute atomic E-state index is 13.1. The molecular formula is C33H36ClN9O5. The fourth-order valence-corrected chi connectivity index (χ4v) is 4.34. The maximum Gasteiger partial charge on any atom is 0.269 e. The zero-order valence-corrected chi connectivity index (χ0v) is 26.9. The van der Waals surface area contributed by atoms with E-state index in [1.165, 1.54) is 30.5 Å². The van der Waals surface area contributed by atoms with Gasteiger partial charge in [0.1, 0.15) is 18.2 Å². The lowest BCUT2D eigenvalue weighted by molar-refractivity contribution is -0.384. The highest BCUT2D eigenvalue weighted by atomic mass is 35.5. The number of carbonyl (C=O) groups is 1. The van der Waals surface area contributed by atoms with E-state index in [-0.39, 0.29) is 30.3 Å². The molecule has 1 saturated heterocycles. The molecule has 0 radical (unpaired) electrons. The zero-order chi connectivity index (χ0) is 34.1. The van der Waals surface area contributed by atoms with Crippen molar-refractivity contribution in [2.24, 2.45) is 10.1 Å². The summed E-state index contributed by atoms with van der Waals surface area (Å²) in [5.41, 5.74) is 3.91. The predicted molar refractivity (Wildman–Crippen MR) is 186 cm³/mol. The summed E-state index contributed by atoms with van der Waals surface area (Å²) in [6.07, 6.45) is 7.37. The molecule has 0 bridgehead atoms. The van der Waals surface area contributed by atoms with Crippen molar-refractivity contribution in [2.75, 3.05) is 43.2 Å². The van der Waals surface area contributed by atoms with Gasteiger partial charge < -0.3 is 19.7 Å². The van der Waals surface area contributed by atoms with Gasteiger partial charge in [-0.25, -0.2) is 15.0 Å². The Bertz CT molecular complexity index is 1650. The van der Waals surface area contributed by atoms with E-state index in [9.17, 15) is 14.9 Å². The van der Waals surface area contributed by atoms with E-state index in [2.05, 4.69) is 49.2 Å². The number of halogens is 1. The van der Waals surface area contributed by atoms with Gasteiger partial charge in [0.15, 0.2) is 17.6 Å². The van der Waals surface area contributed by atoms with Crippen LogP contribution in [0.1, 0.15) is 28.2 Å². The van der Waals surface area contributed by atoms with E-state index >= 15 is 0 Å². The van der Waals surface area contributed by atoms with Gasteiger partial charge in [-0.1, -0.05) is 42.5 Å². The average Bonchev–Trinajstić information content (AvgIpc) is 3.11. The summed E-state index contributed by atoms with van der Waals surface area (Å²) < 4.78 is 11.1. The van der Waals surface area contributed by atoms with E-state index < -0.39 is 10.8 Å². The molecule has 250 valence electrons. The van der Waals surface area contributed by atoms with Gasteiger partial charge >= 0.3 is 0 Å². The van der Waals surface area contributed by atoms with Crippen molar-refractivity contribution >= 4 is 47.0 Å². The topological polar surface area (TPSA) is 169 Å². The Hall–Kier alpha value is -5.60. The molecule has 0 saturated carbocycles. The molecule has 1 fully saturated rings. The number of ether oxygens (including phenoxy) is 2. The van der Waals surface area contributed by atoms with Gasteiger partial charge in [-0.2, -0.15) is 5.10 Å². The summed E-state index contributed by atoms with van der Waals surface area (Å²) in [5.74, 6) is 1.68. The Balaban J connectivity index is 1.56. The lowest BCUT2D eigenvalue weighted by atomic mass is 10.2. The lowest BCUT2D eigenvalue weighted by Crippen LogP contribution is -2.41. The fourth-order valence-electron chi connectivity index (χ4n) is 4.22. The van der Waals surface area contributed by atoms with Crippen molar-refractivity contribution in [3.05, 3.63) is 124 Å². The molecule has 48 heavy (non-hydrogen) atoms. The van der Waals surface area contributed by atoms with Crippen LogP contribution in [0.3, 0.4) is 0 Å². The number of nitrogens with one attached hydrogen (secondary N) is 3. The zero-order valence-electron chi connectivity index (χ0n) is 26.2. The van der Waals surface area contributed by atoms with E-state index in [4.69, 9.17) is 26.1 Å². The molecule has 3 aromatic rings. The van der Waals surface area contributed by atoms with Crippen LogP contribution in [0.25, 0.3) is 0 Å². The molecule has 0 atom stereocenters. The van der Waals surface area contributed by atoms with Gasteiger partial charge in [0, 0.05) is 41.9 Å². The van der Waals surface area contributed by atoms with Crippen LogP contribution in [-0.2, 0) is 22.6 Å². The summed E-state index contributed by atoms with van der Waals surface area (Å²) in [7, 11) is 0. The number of morpholine rings is 1. The van der Waals surface area contributed by atoms with Gasteiger partial charge in [-0.05, 0) is 42.3 Å². The van der Waals surface area contributed by atoms with Crippen molar-refractivity contribution in [3.8, 4) is 0 Å². The number of allylic oxidation sites excluding steroid dienone is 3. The number of guanidine groups is 1. The Kier molecular flexibility index (Phi) is 13.6. The molecule has 2 heterocycles. The number of nitro groups is 1. The summed E-state index contributed by atoms with van der Waals surface area (Å²) in [5, 5.41) is 21.8. The number of rotatable bonds is 15. The van der Waals surface area contributed by atoms with Gasteiger partial charge in [0.25, 0.3) is 11.6 Å². The van der Waals surface area contributed by atoms with Crippen molar-refractivity contribution in [3.63, 3.8) is 0 Å². The first kappa shape index (κ1) is 35.3. The Labute approximate surface area is 283 Å². The van der Waals surface area contributed by atoms with Crippen LogP contribution >= 0.6 is 11.6 Å². The second-order valence-corrected chi connectivity index (χ2v) is 10.6. The van der Waals surface area contributed by atoms with Gasteiger partial charge in [-0.3, -0.25) is 25.7 Å². The number of hydrogen-bond acceptors (Lipinski definition) is 11. The monoisotopic (exact) mass is 673 g/mol. The van der Waals surface area contributed by atoms with Crippen LogP contribution < -0.4 is 21.0 Å². The number of hydrogen-bond donors (Lipinski definition) is 3. The van der Waals surface area contributed by atoms with Crippen molar-refractivity contribution in [2.45, 2.75) is 19.5 Å². The molecule has 4 rings (SSSR count). The van der Waals surface area contributed by atoms with Crippen LogP contribution in [0.5, 0.6) is 0 Å². The first-order valence-electron chi connectivity index (χ1n) is 15.0. The van der Waals surface area contributed by atoms with Crippen LogP contribution in [0, 0.1) is 10.1 Å². The number of nitrogens with zero attached hydrogens (tertiary/aromatic N) is 6. The molecule has 1 aliphatic heterocycles. The molecule has 1 aromatic heterocycles. The van der Waals surface area contributed by atoms with Crippen LogP contribution in [-0.4, -0.2) is 65.9 Å². The first-order chi connectivity index (χ1) is 23.3. The average molecular weight is 674 g/mol. The largest absolute Gasteiger partial charge is 0.488 e. The van der Waals surface area contributed by atoms with Gasteiger partial charge in [0.05, 0.1) is 37.4 Å². The number of benzene rings is 2. The number of amides is 1. The number of aromatic nitrogens is 2. The number of carbonyl (C=O) groups excluding carboxylic acids is 1. The Morgan fingerprint density at radius 3 is 2.54 bits per heavy atom. The molecule has 15 heteroatoms. The summed E-state index contributed by atoms with van der Waals surface area (Å²) in [6.45, 7) is 10.5. The highest BCUT2D eigenvalue weighted by Crippen LogP contribution is 2.18. The van der Waals surface area contributed by atoms with Gasteiger partial charge in [0.2, 0.25) is 0 Å². The predicted octanol–water partition coefficient (Wildman–Crippen LogP) is 5.01. The standard InChI is InChI=1S/C33H36ClN9O5/c1-3-5-6-28(48-17-4-2)22-37-41-29-20-31(42-15-18-47-19-16-42)39-30(38-29)23-36-33(35-21-24-7-11-26(34)12-8-24)40-32(44)25-9-13-27(14-10-25)43(45)46/h3-4,6-14,20,22H,1-2,5,15-19,21,23H2,(H,38,39,41)(H2,35,36,40,44)/b28-6-,37-22+. The van der Waals surface area contributed by atoms with E-state index in [0.29, 0.717) is 67.6 Å². The third kappa shape index (κ3) is 11.3. The molecule has 0 aliphatic carbocycles. The summed E-state index contributed by atoms with van der Waals surface area (Å²) in [6, 6.07) is 14.2. The highest BCUT2D eigenvalue weighted by Gasteiger charge is 2.17. The van der Waals surface area contributed by atoms with Gasteiger partial charge in [-0.15, -0.1) is 6.58 Å². The SMILES string of the molecule is C=CC/C=C(/C=N/Nc1cc(N2CCOCC2)nc(CNC(=NCc2ccc(Cl)cc2)NC(=O)c2ccc([N+](=O)[O-])cc2)n1)OCC=C. The number of anilines is 2. The normalized spacial score (nSPS) is 13.6. The van der Waals surface area contributed by atoms with Crippen LogP contribution in [0.2, 0.25) is 5.02 Å². The molecule has 3 N–H and O–H groups in total. The lowest BCUT2D eigenvalue weighted by Gasteiger charge is -2.28. The minimum absolute atomic E-state index is 0.0868. The molecule has 0 spiro atoms. The van der Waals surface area contributed by atoms with Crippen molar-refractivity contribution < 1.29 is 19.2 Å². The number of nitro benzene ring substituents is 1. The van der Waals surface area contributed by atoms with Crippen LogP contribution in [0.4, 0.5) is 17.3 Å². The third-order valence-corrected chi connectivity index (χ3v) is 6.89. The Morgan fingerprint density at radius 1 is 1.10 bits per heavy atom. The minimum Gasteiger partial charge on any atom is -0.488 e. The van der Waals surface area contributed by atoms with E-state index in [0.717, 1.165) is 5.56 Å². The van der Waals surface area contributed by atoms with E-state index in [1.807, 2.05) is 18.2 Å². The molecule has 14 nitrogen and oxygen atoms in total. The second-order valence-electron chi connectivity index (χ2n) is 10.1. The maximum atomic E-state index is 13.1. The highest BCUT2D eigenvalue weighted by molar-refractivity contribution is 6.30. The number of hydrazone groups is 1. The van der Waals surface area contributed by atoms with E-state index in [1.54, 1.807) is 30.4 Å². The number of aliphatic imine (C=N–C) groups is 1. The Morgan fingerprint density at radius 2 is 1.85 bits per heavy atom. The summed E-state index contributed by atoms with van der Waals surface area (Å²) in [4.78, 5) is 39.6. The van der Waals surface area contributed by atoms with Crippen LogP contribution in [0.15, 0.2) is 102 Å². The summed E-state index contributed by atoms with van der Waals surface area (Å²) >= 11 is 6.03. The smallest absolute Gasteiger partial charge is 0.269 e. The quantitative estimate of drug-likeness (QED) is 0.0498. The van der Waals surface area contributed by atoms with Crippen molar-refractivity contribution in [1.82, 2.24) is 20.6 Å². The first-order valence-corrected chi connectivity index (χ1v) is 15.4. The molecular weight excluding hydrogens is 638 g/mol. The molecule has 2 aromatic carbocycles. The minimum atomic E-state index is -0.531. The second kappa shape index (κ2) is 18.5. The molecule has 1 amide bonds. The molecule has 0 unspecified atom stereocenters. The van der Waals surface area contributed by atoms with Crippen molar-refractivity contribution in [1.29, 1.82) is 0 Å². The fraction of sp³-hybridized carbons (Fsp3) is 0.242.